The molecule has 0 aromatic carbocycles. The second-order valence-corrected chi connectivity index (χ2v) is 7.74. The average molecular weight is 347 g/mol. The van der Waals surface area contributed by atoms with E-state index >= 15 is 0 Å². The maximum Gasteiger partial charge on any atom is 0.219 e. The summed E-state index contributed by atoms with van der Waals surface area (Å²) < 4.78 is 6.01. The fourth-order valence-corrected chi connectivity index (χ4v) is 3.70. The third kappa shape index (κ3) is 4.30. The highest BCUT2D eigenvalue weighted by molar-refractivity contribution is 7.09. The Balaban J connectivity index is 1.47. The number of aromatic nitrogens is 3. The third-order valence-electron chi connectivity index (χ3n) is 4.67. The van der Waals surface area contributed by atoms with Crippen molar-refractivity contribution in [1.82, 2.24) is 19.9 Å². The van der Waals surface area contributed by atoms with Crippen LogP contribution in [0.15, 0.2) is 5.38 Å². The van der Waals surface area contributed by atoms with Gasteiger partial charge in [0.2, 0.25) is 5.88 Å². The zero-order valence-corrected chi connectivity index (χ0v) is 15.8. The SMILES string of the molecule is Cc1nc(C)c(C)c(OCC2CCN(Cc3csc(C)n3)CC2)n1. The van der Waals surface area contributed by atoms with Gasteiger partial charge in [0.25, 0.3) is 0 Å². The lowest BCUT2D eigenvalue weighted by atomic mass is 9.98. The summed E-state index contributed by atoms with van der Waals surface area (Å²) in [6, 6.07) is 0. The quantitative estimate of drug-likeness (QED) is 0.830. The smallest absolute Gasteiger partial charge is 0.219 e. The molecule has 1 saturated heterocycles. The van der Waals surface area contributed by atoms with E-state index in [-0.39, 0.29) is 0 Å². The molecule has 0 aliphatic carbocycles. The van der Waals surface area contributed by atoms with E-state index in [0.717, 1.165) is 54.2 Å². The topological polar surface area (TPSA) is 51.1 Å². The molecule has 5 nitrogen and oxygen atoms in total. The lowest BCUT2D eigenvalue weighted by Crippen LogP contribution is -2.35. The van der Waals surface area contributed by atoms with Crippen molar-refractivity contribution in [2.45, 2.75) is 47.1 Å². The molecule has 130 valence electrons. The highest BCUT2D eigenvalue weighted by atomic mass is 32.1. The fraction of sp³-hybridized carbons (Fsp3) is 0.611. The lowest BCUT2D eigenvalue weighted by molar-refractivity contribution is 0.133. The number of hydrogen-bond acceptors (Lipinski definition) is 6. The number of rotatable bonds is 5. The molecule has 0 amide bonds. The van der Waals surface area contributed by atoms with E-state index in [0.29, 0.717) is 5.92 Å². The molecule has 6 heteroatoms. The number of aryl methyl sites for hydroxylation is 3. The van der Waals surface area contributed by atoms with E-state index in [9.17, 15) is 0 Å². The molecule has 3 rings (SSSR count). The predicted octanol–water partition coefficient (Wildman–Crippen LogP) is 3.46. The van der Waals surface area contributed by atoms with Gasteiger partial charge in [0.05, 0.1) is 17.3 Å². The number of piperidine rings is 1. The van der Waals surface area contributed by atoms with E-state index in [2.05, 4.69) is 32.2 Å². The lowest BCUT2D eigenvalue weighted by Gasteiger charge is -2.31. The van der Waals surface area contributed by atoms with Gasteiger partial charge in [-0.3, -0.25) is 4.90 Å². The van der Waals surface area contributed by atoms with E-state index in [4.69, 9.17) is 4.74 Å². The largest absolute Gasteiger partial charge is 0.477 e. The van der Waals surface area contributed by atoms with Crippen molar-refractivity contribution in [1.29, 1.82) is 0 Å². The van der Waals surface area contributed by atoms with Gasteiger partial charge in [-0.25, -0.2) is 9.97 Å². The summed E-state index contributed by atoms with van der Waals surface area (Å²) >= 11 is 1.73. The molecule has 1 aliphatic rings. The van der Waals surface area contributed by atoms with Crippen molar-refractivity contribution in [3.8, 4) is 5.88 Å². The van der Waals surface area contributed by atoms with Crippen LogP contribution in [0, 0.1) is 33.6 Å². The predicted molar refractivity (Wildman–Crippen MR) is 96.6 cm³/mol. The molecule has 0 atom stereocenters. The molecule has 1 fully saturated rings. The van der Waals surface area contributed by atoms with Crippen LogP contribution in [0.5, 0.6) is 5.88 Å². The first-order chi connectivity index (χ1) is 11.5. The Morgan fingerprint density at radius 3 is 2.54 bits per heavy atom. The summed E-state index contributed by atoms with van der Waals surface area (Å²) in [6.45, 7) is 12.0. The number of likely N-dealkylation sites (tertiary alicyclic amines) is 1. The van der Waals surface area contributed by atoms with Crippen molar-refractivity contribution in [3.05, 3.63) is 33.2 Å². The van der Waals surface area contributed by atoms with Gasteiger partial charge in [0.15, 0.2) is 0 Å². The van der Waals surface area contributed by atoms with Crippen LogP contribution < -0.4 is 4.74 Å². The van der Waals surface area contributed by atoms with E-state index in [1.807, 2.05) is 20.8 Å². The van der Waals surface area contributed by atoms with Crippen LogP contribution in [0.1, 0.15) is 40.6 Å². The van der Waals surface area contributed by atoms with Crippen LogP contribution in [-0.2, 0) is 6.54 Å². The van der Waals surface area contributed by atoms with Gasteiger partial charge < -0.3 is 4.74 Å². The Morgan fingerprint density at radius 2 is 1.88 bits per heavy atom. The van der Waals surface area contributed by atoms with Crippen LogP contribution in [0.4, 0.5) is 0 Å². The van der Waals surface area contributed by atoms with E-state index < -0.39 is 0 Å². The maximum absolute atomic E-state index is 6.01. The zero-order chi connectivity index (χ0) is 17.1. The minimum atomic E-state index is 0.605. The second-order valence-electron chi connectivity index (χ2n) is 6.67. The number of ether oxygens (including phenoxy) is 1. The number of thiazole rings is 1. The first kappa shape index (κ1) is 17.3. The number of nitrogens with zero attached hydrogens (tertiary/aromatic N) is 4. The van der Waals surface area contributed by atoms with Gasteiger partial charge in [-0.2, -0.15) is 4.98 Å². The molecular formula is C18H26N4OS. The Labute approximate surface area is 148 Å². The van der Waals surface area contributed by atoms with Gasteiger partial charge in [-0.05, 0) is 59.5 Å². The molecule has 0 bridgehead atoms. The van der Waals surface area contributed by atoms with Crippen LogP contribution in [-0.4, -0.2) is 39.5 Å². The molecule has 3 heterocycles. The van der Waals surface area contributed by atoms with Crippen molar-refractivity contribution in [3.63, 3.8) is 0 Å². The van der Waals surface area contributed by atoms with Crippen molar-refractivity contribution in [2.75, 3.05) is 19.7 Å². The average Bonchev–Trinajstić information content (AvgIpc) is 2.96. The van der Waals surface area contributed by atoms with Gasteiger partial charge in [-0.15, -0.1) is 11.3 Å². The van der Waals surface area contributed by atoms with Crippen LogP contribution in [0.2, 0.25) is 0 Å². The van der Waals surface area contributed by atoms with Crippen LogP contribution in [0.3, 0.4) is 0 Å². The molecule has 0 unspecified atom stereocenters. The first-order valence-corrected chi connectivity index (χ1v) is 9.47. The summed E-state index contributed by atoms with van der Waals surface area (Å²) in [4.78, 5) is 15.9. The number of hydrogen-bond donors (Lipinski definition) is 0. The fourth-order valence-electron chi connectivity index (χ4n) is 3.10. The van der Waals surface area contributed by atoms with Gasteiger partial charge in [-0.1, -0.05) is 0 Å². The summed E-state index contributed by atoms with van der Waals surface area (Å²) in [6.07, 6.45) is 2.34. The molecule has 2 aromatic heterocycles. The maximum atomic E-state index is 6.01. The molecule has 1 aliphatic heterocycles. The second kappa shape index (κ2) is 7.57. The summed E-state index contributed by atoms with van der Waals surface area (Å²) in [5.41, 5.74) is 3.26. The van der Waals surface area contributed by atoms with Crippen molar-refractivity contribution >= 4 is 11.3 Å². The monoisotopic (exact) mass is 346 g/mol. The normalized spacial score (nSPS) is 16.5. The Bertz CT molecular complexity index is 692. The highest BCUT2D eigenvalue weighted by Gasteiger charge is 2.21. The zero-order valence-electron chi connectivity index (χ0n) is 15.0. The minimum Gasteiger partial charge on any atom is -0.477 e. The van der Waals surface area contributed by atoms with Crippen LogP contribution in [0.25, 0.3) is 0 Å². The molecule has 0 spiro atoms. The summed E-state index contributed by atoms with van der Waals surface area (Å²) in [7, 11) is 0. The Kier molecular flexibility index (Phi) is 5.46. The van der Waals surface area contributed by atoms with Gasteiger partial charge >= 0.3 is 0 Å². The van der Waals surface area contributed by atoms with Crippen molar-refractivity contribution in [2.24, 2.45) is 5.92 Å². The molecular weight excluding hydrogens is 320 g/mol. The minimum absolute atomic E-state index is 0.605. The van der Waals surface area contributed by atoms with Crippen LogP contribution >= 0.6 is 11.3 Å². The van der Waals surface area contributed by atoms with E-state index in [1.165, 1.54) is 18.5 Å². The molecule has 2 aromatic rings. The Hall–Kier alpha value is -1.53. The van der Waals surface area contributed by atoms with Gasteiger partial charge in [0, 0.05) is 23.2 Å². The summed E-state index contributed by atoms with van der Waals surface area (Å²) in [5, 5.41) is 3.33. The van der Waals surface area contributed by atoms with Gasteiger partial charge in [0.1, 0.15) is 5.82 Å². The molecule has 0 N–H and O–H groups in total. The summed E-state index contributed by atoms with van der Waals surface area (Å²) in [5.74, 6) is 2.13. The third-order valence-corrected chi connectivity index (χ3v) is 5.49. The van der Waals surface area contributed by atoms with E-state index in [1.54, 1.807) is 11.3 Å². The standard InChI is InChI=1S/C18H26N4OS/c1-12-13(2)19-14(3)20-18(12)23-10-16-5-7-22(8-6-16)9-17-11-24-15(4)21-17/h11,16H,5-10H2,1-4H3. The highest BCUT2D eigenvalue weighted by Crippen LogP contribution is 2.23. The first-order valence-electron chi connectivity index (χ1n) is 8.59. The van der Waals surface area contributed by atoms with Crippen molar-refractivity contribution < 1.29 is 4.74 Å². The Morgan fingerprint density at radius 1 is 1.12 bits per heavy atom. The molecule has 24 heavy (non-hydrogen) atoms. The molecule has 0 saturated carbocycles. The molecule has 0 radical (unpaired) electrons.